The number of piperidine rings is 1. The lowest BCUT2D eigenvalue weighted by Gasteiger charge is -2.23. The molecule has 1 aromatic heterocycles. The highest BCUT2D eigenvalue weighted by Crippen LogP contribution is 2.35. The minimum atomic E-state index is -4.29. The molecule has 0 unspecified atom stereocenters. The van der Waals surface area contributed by atoms with Gasteiger partial charge in [0.25, 0.3) is 0 Å². The summed E-state index contributed by atoms with van der Waals surface area (Å²) in [7, 11) is 0. The van der Waals surface area contributed by atoms with Crippen LogP contribution in [0.5, 0.6) is 0 Å². The Kier molecular flexibility index (Phi) is 5.03. The molecule has 0 atom stereocenters. The molecular formula is C9H13ClF3N3S. The number of hydrogen-bond acceptors (Lipinski definition) is 4. The number of nitrogens with zero attached hydrogens (tertiary/aromatic N) is 1. The first-order valence-corrected chi connectivity index (χ1v) is 5.87. The number of hydrogen-bond donors (Lipinski definition) is 2. The third-order valence-electron chi connectivity index (χ3n) is 2.45. The van der Waals surface area contributed by atoms with Crippen LogP contribution in [-0.2, 0) is 6.18 Å². The molecule has 2 rings (SSSR count). The van der Waals surface area contributed by atoms with Gasteiger partial charge in [0.05, 0.1) is 6.20 Å². The van der Waals surface area contributed by atoms with Crippen molar-refractivity contribution >= 4 is 28.9 Å². The Bertz CT molecular complexity index is 350. The quantitative estimate of drug-likeness (QED) is 0.878. The van der Waals surface area contributed by atoms with Gasteiger partial charge in [0.2, 0.25) is 0 Å². The lowest BCUT2D eigenvalue weighted by atomic mass is 10.1. The van der Waals surface area contributed by atoms with Gasteiger partial charge in [-0.1, -0.05) is 11.3 Å². The molecule has 0 amide bonds. The lowest BCUT2D eigenvalue weighted by Crippen LogP contribution is -2.35. The van der Waals surface area contributed by atoms with Crippen LogP contribution in [0.25, 0.3) is 0 Å². The standard InChI is InChI=1S/C9H12F3N3S.ClH/c10-9(11,12)7-5-14-8(16-7)15-6-1-3-13-4-2-6;/h5-6,13H,1-4H2,(H,14,15);1H. The molecule has 0 saturated carbocycles. The highest BCUT2D eigenvalue weighted by molar-refractivity contribution is 7.15. The van der Waals surface area contributed by atoms with Gasteiger partial charge >= 0.3 is 6.18 Å². The second-order valence-electron chi connectivity index (χ2n) is 3.70. The maximum absolute atomic E-state index is 12.3. The third kappa shape index (κ3) is 4.01. The summed E-state index contributed by atoms with van der Waals surface area (Å²) >= 11 is 0.666. The number of aromatic nitrogens is 1. The van der Waals surface area contributed by atoms with Crippen molar-refractivity contribution in [2.75, 3.05) is 18.4 Å². The van der Waals surface area contributed by atoms with Crippen molar-refractivity contribution in [2.24, 2.45) is 0 Å². The molecule has 1 aromatic rings. The van der Waals surface area contributed by atoms with Gasteiger partial charge in [0.15, 0.2) is 5.13 Å². The van der Waals surface area contributed by atoms with Gasteiger partial charge in [-0.15, -0.1) is 12.4 Å². The van der Waals surface area contributed by atoms with Crippen molar-refractivity contribution in [3.8, 4) is 0 Å². The summed E-state index contributed by atoms with van der Waals surface area (Å²) in [4.78, 5) is 3.09. The predicted octanol–water partition coefficient (Wildman–Crippen LogP) is 2.75. The van der Waals surface area contributed by atoms with Gasteiger partial charge < -0.3 is 10.6 Å². The second-order valence-corrected chi connectivity index (χ2v) is 4.73. The van der Waals surface area contributed by atoms with Crippen LogP contribution < -0.4 is 10.6 Å². The van der Waals surface area contributed by atoms with E-state index in [4.69, 9.17) is 0 Å². The van der Waals surface area contributed by atoms with E-state index >= 15 is 0 Å². The van der Waals surface area contributed by atoms with Crippen LogP contribution in [0.1, 0.15) is 17.7 Å². The van der Waals surface area contributed by atoms with Gasteiger partial charge in [-0.2, -0.15) is 13.2 Å². The number of anilines is 1. The number of nitrogens with one attached hydrogen (secondary N) is 2. The Morgan fingerprint density at radius 2 is 2.00 bits per heavy atom. The molecule has 0 aliphatic carbocycles. The summed E-state index contributed by atoms with van der Waals surface area (Å²) in [6.45, 7) is 1.80. The highest BCUT2D eigenvalue weighted by atomic mass is 35.5. The Morgan fingerprint density at radius 3 is 2.53 bits per heavy atom. The van der Waals surface area contributed by atoms with E-state index in [1.54, 1.807) is 0 Å². The fourth-order valence-corrected chi connectivity index (χ4v) is 2.37. The summed E-state index contributed by atoms with van der Waals surface area (Å²) < 4.78 is 36.9. The number of alkyl halides is 3. The fourth-order valence-electron chi connectivity index (χ4n) is 1.61. The maximum atomic E-state index is 12.3. The SMILES string of the molecule is Cl.FC(F)(F)c1cnc(NC2CCNCC2)s1. The Morgan fingerprint density at radius 1 is 1.35 bits per heavy atom. The summed E-state index contributed by atoms with van der Waals surface area (Å²) in [5.74, 6) is 0. The molecular weight excluding hydrogens is 275 g/mol. The molecule has 1 fully saturated rings. The largest absolute Gasteiger partial charge is 0.427 e. The first-order valence-electron chi connectivity index (χ1n) is 5.06. The molecule has 2 heterocycles. The van der Waals surface area contributed by atoms with E-state index in [2.05, 4.69) is 15.6 Å². The van der Waals surface area contributed by atoms with Gasteiger partial charge in [-0.25, -0.2) is 4.98 Å². The van der Waals surface area contributed by atoms with Crippen molar-refractivity contribution in [2.45, 2.75) is 25.1 Å². The van der Waals surface area contributed by atoms with E-state index in [-0.39, 0.29) is 18.4 Å². The van der Waals surface area contributed by atoms with E-state index in [1.807, 2.05) is 0 Å². The van der Waals surface area contributed by atoms with Crippen molar-refractivity contribution in [1.29, 1.82) is 0 Å². The first-order chi connectivity index (χ1) is 7.55. The Labute approximate surface area is 107 Å². The normalized spacial score (nSPS) is 17.6. The van der Waals surface area contributed by atoms with Gasteiger partial charge in [-0.3, -0.25) is 0 Å². The summed E-state index contributed by atoms with van der Waals surface area (Å²) in [5.41, 5.74) is 0. The van der Waals surface area contributed by atoms with E-state index in [9.17, 15) is 13.2 Å². The zero-order valence-electron chi connectivity index (χ0n) is 8.88. The number of rotatable bonds is 2. The minimum Gasteiger partial charge on any atom is -0.359 e. The molecule has 0 aromatic carbocycles. The molecule has 2 N–H and O–H groups in total. The average Bonchev–Trinajstić information content (AvgIpc) is 2.67. The predicted molar refractivity (Wildman–Crippen MR) is 63.9 cm³/mol. The molecule has 98 valence electrons. The maximum Gasteiger partial charge on any atom is 0.427 e. The monoisotopic (exact) mass is 287 g/mol. The minimum absolute atomic E-state index is 0. The van der Waals surface area contributed by atoms with E-state index < -0.39 is 11.1 Å². The van der Waals surface area contributed by atoms with Gasteiger partial charge in [0.1, 0.15) is 4.88 Å². The first kappa shape index (κ1) is 14.5. The molecule has 3 nitrogen and oxygen atoms in total. The molecule has 1 aliphatic rings. The van der Waals surface area contributed by atoms with Gasteiger partial charge in [-0.05, 0) is 25.9 Å². The summed E-state index contributed by atoms with van der Waals surface area (Å²) in [6, 6.07) is 0.230. The zero-order chi connectivity index (χ0) is 11.6. The van der Waals surface area contributed by atoms with Crippen LogP contribution in [0.15, 0.2) is 6.20 Å². The van der Waals surface area contributed by atoms with Crippen molar-refractivity contribution in [3.05, 3.63) is 11.1 Å². The Balaban J connectivity index is 0.00000144. The molecule has 0 radical (unpaired) electrons. The van der Waals surface area contributed by atoms with E-state index in [0.29, 0.717) is 16.5 Å². The smallest absolute Gasteiger partial charge is 0.359 e. The van der Waals surface area contributed by atoms with Gasteiger partial charge in [0, 0.05) is 6.04 Å². The topological polar surface area (TPSA) is 37.0 Å². The van der Waals surface area contributed by atoms with Crippen LogP contribution >= 0.6 is 23.7 Å². The molecule has 1 saturated heterocycles. The molecule has 1 aliphatic heterocycles. The summed E-state index contributed by atoms with van der Waals surface area (Å²) in [6.07, 6.45) is -1.57. The number of thiazole rings is 1. The lowest BCUT2D eigenvalue weighted by molar-refractivity contribution is -0.134. The summed E-state index contributed by atoms with van der Waals surface area (Å²) in [5, 5.41) is 6.59. The third-order valence-corrected chi connectivity index (χ3v) is 3.43. The molecule has 17 heavy (non-hydrogen) atoms. The van der Waals surface area contributed by atoms with Crippen LogP contribution in [0.4, 0.5) is 18.3 Å². The molecule has 8 heteroatoms. The molecule has 0 spiro atoms. The molecule has 0 bridgehead atoms. The fraction of sp³-hybridized carbons (Fsp3) is 0.667. The van der Waals surface area contributed by atoms with Crippen molar-refractivity contribution in [3.63, 3.8) is 0 Å². The zero-order valence-corrected chi connectivity index (χ0v) is 10.5. The average molecular weight is 288 g/mol. The second kappa shape index (κ2) is 5.88. The van der Waals surface area contributed by atoms with Crippen LogP contribution in [0.2, 0.25) is 0 Å². The highest BCUT2D eigenvalue weighted by Gasteiger charge is 2.33. The van der Waals surface area contributed by atoms with Crippen LogP contribution in [-0.4, -0.2) is 24.1 Å². The van der Waals surface area contributed by atoms with Crippen molar-refractivity contribution in [1.82, 2.24) is 10.3 Å². The number of halogens is 4. The van der Waals surface area contributed by atoms with Crippen LogP contribution in [0.3, 0.4) is 0 Å². The Hall–Kier alpha value is -0.530. The van der Waals surface area contributed by atoms with Crippen molar-refractivity contribution < 1.29 is 13.2 Å². The van der Waals surface area contributed by atoms with E-state index in [1.165, 1.54) is 0 Å². The van der Waals surface area contributed by atoms with Crippen LogP contribution in [0, 0.1) is 0 Å². The van der Waals surface area contributed by atoms with E-state index in [0.717, 1.165) is 32.1 Å².